The number of esters is 1. The van der Waals surface area contributed by atoms with E-state index in [1.807, 2.05) is 26.0 Å². The van der Waals surface area contributed by atoms with Crippen LogP contribution in [0.2, 0.25) is 0 Å². The van der Waals surface area contributed by atoms with E-state index in [-0.39, 0.29) is 19.1 Å². The second-order valence-corrected chi connectivity index (χ2v) is 6.69. The summed E-state index contributed by atoms with van der Waals surface area (Å²) >= 11 is 0. The molecule has 5 nitrogen and oxygen atoms in total. The van der Waals surface area contributed by atoms with Crippen LogP contribution >= 0.6 is 0 Å². The molecule has 0 unspecified atom stereocenters. The minimum atomic E-state index is -3.55. The van der Waals surface area contributed by atoms with Gasteiger partial charge < -0.3 is 4.74 Å². The van der Waals surface area contributed by atoms with Crippen LogP contribution < -0.4 is 4.31 Å². The van der Waals surface area contributed by atoms with E-state index in [1.165, 1.54) is 0 Å². The van der Waals surface area contributed by atoms with Gasteiger partial charge in [-0.05, 0) is 24.5 Å². The van der Waals surface area contributed by atoms with Crippen LogP contribution in [0.4, 0.5) is 5.69 Å². The Balaban J connectivity index is 3.22. The van der Waals surface area contributed by atoms with Crippen molar-refractivity contribution in [2.75, 3.05) is 23.7 Å². The highest BCUT2D eigenvalue weighted by atomic mass is 32.2. The lowest BCUT2D eigenvalue weighted by atomic mass is 10.0. The number of ether oxygens (including phenoxy) is 1. The molecule has 0 N–H and O–H groups in total. The molecule has 0 amide bonds. The molecule has 0 bridgehead atoms. The summed E-state index contributed by atoms with van der Waals surface area (Å²) in [6.07, 6.45) is 1.09. The maximum Gasteiger partial charge on any atom is 0.326 e. The molecule has 1 aromatic carbocycles. The first-order valence-electron chi connectivity index (χ1n) is 6.49. The number of benzene rings is 1. The molecule has 0 radical (unpaired) electrons. The van der Waals surface area contributed by atoms with Crippen LogP contribution in [-0.4, -0.2) is 33.8 Å². The summed E-state index contributed by atoms with van der Waals surface area (Å²) in [5.41, 5.74) is 1.40. The van der Waals surface area contributed by atoms with Gasteiger partial charge in [-0.25, -0.2) is 8.42 Å². The largest absolute Gasteiger partial charge is 0.465 e. The van der Waals surface area contributed by atoms with Crippen molar-refractivity contribution in [3.63, 3.8) is 0 Å². The van der Waals surface area contributed by atoms with Crippen LogP contribution in [0.1, 0.15) is 32.3 Å². The van der Waals surface area contributed by atoms with Gasteiger partial charge in [0, 0.05) is 0 Å². The summed E-state index contributed by atoms with van der Waals surface area (Å²) in [4.78, 5) is 11.6. The van der Waals surface area contributed by atoms with Gasteiger partial charge in [0.05, 0.1) is 18.6 Å². The van der Waals surface area contributed by atoms with Crippen LogP contribution in [0.15, 0.2) is 24.3 Å². The lowest BCUT2D eigenvalue weighted by molar-refractivity contribution is -0.141. The molecule has 0 saturated heterocycles. The third-order valence-corrected chi connectivity index (χ3v) is 3.93. The Morgan fingerprint density at radius 3 is 2.40 bits per heavy atom. The van der Waals surface area contributed by atoms with Gasteiger partial charge in [-0.2, -0.15) is 0 Å². The van der Waals surface area contributed by atoms with Crippen molar-refractivity contribution in [1.29, 1.82) is 0 Å². The molecular formula is C14H21NO4S. The Labute approximate surface area is 120 Å². The number of carbonyl (C=O) groups is 1. The second-order valence-electron chi connectivity index (χ2n) is 4.79. The standard InChI is InChI=1S/C14H21NO4S/c1-5-19-14(16)10-15(20(4,17)18)13-9-7-6-8-12(13)11(2)3/h6-9,11H,5,10H2,1-4H3. The lowest BCUT2D eigenvalue weighted by Crippen LogP contribution is -2.36. The number of nitrogens with zero attached hydrogens (tertiary/aromatic N) is 1. The van der Waals surface area contributed by atoms with Gasteiger partial charge in [-0.1, -0.05) is 32.0 Å². The normalized spacial score (nSPS) is 11.4. The van der Waals surface area contributed by atoms with Gasteiger partial charge in [-0.3, -0.25) is 9.10 Å². The van der Waals surface area contributed by atoms with Crippen LogP contribution in [0, 0.1) is 0 Å². The molecule has 1 aromatic rings. The fourth-order valence-electron chi connectivity index (χ4n) is 1.91. The number of para-hydroxylation sites is 1. The van der Waals surface area contributed by atoms with Crippen molar-refractivity contribution in [1.82, 2.24) is 0 Å². The van der Waals surface area contributed by atoms with Crippen molar-refractivity contribution in [3.05, 3.63) is 29.8 Å². The van der Waals surface area contributed by atoms with E-state index < -0.39 is 16.0 Å². The van der Waals surface area contributed by atoms with E-state index in [9.17, 15) is 13.2 Å². The minimum absolute atomic E-state index is 0.151. The van der Waals surface area contributed by atoms with Crippen molar-refractivity contribution < 1.29 is 17.9 Å². The third-order valence-electron chi connectivity index (χ3n) is 2.81. The van der Waals surface area contributed by atoms with Crippen molar-refractivity contribution >= 4 is 21.7 Å². The van der Waals surface area contributed by atoms with Gasteiger partial charge in [0.25, 0.3) is 0 Å². The lowest BCUT2D eigenvalue weighted by Gasteiger charge is -2.25. The zero-order valence-corrected chi connectivity index (χ0v) is 13.1. The smallest absolute Gasteiger partial charge is 0.326 e. The Hall–Kier alpha value is -1.56. The molecule has 20 heavy (non-hydrogen) atoms. The zero-order valence-electron chi connectivity index (χ0n) is 12.3. The van der Waals surface area contributed by atoms with E-state index in [0.29, 0.717) is 5.69 Å². The highest BCUT2D eigenvalue weighted by Crippen LogP contribution is 2.28. The van der Waals surface area contributed by atoms with Gasteiger partial charge in [0.15, 0.2) is 0 Å². The van der Waals surface area contributed by atoms with E-state index in [0.717, 1.165) is 16.1 Å². The molecule has 0 aliphatic heterocycles. The molecular weight excluding hydrogens is 278 g/mol. The predicted molar refractivity (Wildman–Crippen MR) is 79.4 cm³/mol. The predicted octanol–water partition coefficient (Wildman–Crippen LogP) is 2.14. The maximum atomic E-state index is 12.0. The molecule has 0 aliphatic rings. The van der Waals surface area contributed by atoms with Crippen LogP contribution in [0.5, 0.6) is 0 Å². The third kappa shape index (κ3) is 4.23. The average Bonchev–Trinajstić information content (AvgIpc) is 2.35. The average molecular weight is 299 g/mol. The van der Waals surface area contributed by atoms with Crippen molar-refractivity contribution in [2.24, 2.45) is 0 Å². The van der Waals surface area contributed by atoms with E-state index in [2.05, 4.69) is 0 Å². The monoisotopic (exact) mass is 299 g/mol. The number of sulfonamides is 1. The molecule has 0 heterocycles. The highest BCUT2D eigenvalue weighted by Gasteiger charge is 2.24. The maximum absolute atomic E-state index is 12.0. The molecule has 6 heteroatoms. The summed E-state index contributed by atoms with van der Waals surface area (Å²) in [6, 6.07) is 7.17. The molecule has 0 saturated carbocycles. The summed E-state index contributed by atoms with van der Waals surface area (Å²) < 4.78 is 29.9. The molecule has 0 atom stereocenters. The summed E-state index contributed by atoms with van der Waals surface area (Å²) in [7, 11) is -3.55. The zero-order chi connectivity index (χ0) is 15.3. The molecule has 1 rings (SSSR count). The minimum Gasteiger partial charge on any atom is -0.465 e. The number of hydrogen-bond donors (Lipinski definition) is 0. The molecule has 112 valence electrons. The van der Waals surface area contributed by atoms with E-state index >= 15 is 0 Å². The van der Waals surface area contributed by atoms with Crippen LogP contribution in [0.25, 0.3) is 0 Å². The highest BCUT2D eigenvalue weighted by molar-refractivity contribution is 7.92. The molecule has 0 fully saturated rings. The van der Waals surface area contributed by atoms with Crippen molar-refractivity contribution in [2.45, 2.75) is 26.7 Å². The first-order valence-corrected chi connectivity index (χ1v) is 8.34. The van der Waals surface area contributed by atoms with E-state index in [4.69, 9.17) is 4.74 Å². The van der Waals surface area contributed by atoms with Crippen LogP contribution in [-0.2, 0) is 19.6 Å². The fourth-order valence-corrected chi connectivity index (χ4v) is 2.77. The van der Waals surface area contributed by atoms with Gasteiger partial charge in [0.1, 0.15) is 6.54 Å². The van der Waals surface area contributed by atoms with Crippen LogP contribution in [0.3, 0.4) is 0 Å². The number of anilines is 1. The van der Waals surface area contributed by atoms with Gasteiger partial charge >= 0.3 is 5.97 Å². The summed E-state index contributed by atoms with van der Waals surface area (Å²) in [6.45, 7) is 5.55. The first-order chi connectivity index (χ1) is 9.27. The quantitative estimate of drug-likeness (QED) is 0.755. The number of hydrogen-bond acceptors (Lipinski definition) is 4. The SMILES string of the molecule is CCOC(=O)CN(c1ccccc1C(C)C)S(C)(=O)=O. The number of rotatable bonds is 6. The number of carbonyl (C=O) groups excluding carboxylic acids is 1. The summed E-state index contributed by atoms with van der Waals surface area (Å²) in [5, 5.41) is 0. The Bertz CT molecular complexity index is 566. The Morgan fingerprint density at radius 2 is 1.90 bits per heavy atom. The molecule has 0 aliphatic carbocycles. The van der Waals surface area contributed by atoms with Gasteiger partial charge in [-0.15, -0.1) is 0 Å². The van der Waals surface area contributed by atoms with Gasteiger partial charge in [0.2, 0.25) is 10.0 Å². The Kier molecular flexibility index (Phi) is 5.56. The summed E-state index contributed by atoms with van der Waals surface area (Å²) in [5.74, 6) is -0.408. The molecule has 0 spiro atoms. The second kappa shape index (κ2) is 6.74. The molecule has 0 aromatic heterocycles. The van der Waals surface area contributed by atoms with Crippen molar-refractivity contribution in [3.8, 4) is 0 Å². The fraction of sp³-hybridized carbons (Fsp3) is 0.500. The first kappa shape index (κ1) is 16.5. The topological polar surface area (TPSA) is 63.7 Å². The van der Waals surface area contributed by atoms with E-state index in [1.54, 1.807) is 19.1 Å². The Morgan fingerprint density at radius 1 is 1.30 bits per heavy atom.